The van der Waals surface area contributed by atoms with Crippen LogP contribution >= 0.6 is 0 Å². The second-order valence-electron chi connectivity index (χ2n) is 6.29. The molecule has 2 N–H and O–H groups in total. The van der Waals surface area contributed by atoms with E-state index in [4.69, 9.17) is 0 Å². The minimum absolute atomic E-state index is 0.116. The van der Waals surface area contributed by atoms with Crippen molar-refractivity contribution in [3.05, 3.63) is 47.8 Å². The minimum atomic E-state index is -0.116. The number of amides is 1. The van der Waals surface area contributed by atoms with Crippen LogP contribution in [0.1, 0.15) is 41.9 Å². The van der Waals surface area contributed by atoms with Crippen molar-refractivity contribution in [1.29, 1.82) is 0 Å². The first kappa shape index (κ1) is 15.7. The summed E-state index contributed by atoms with van der Waals surface area (Å²) in [6, 6.07) is 11.8. The van der Waals surface area contributed by atoms with Crippen LogP contribution in [-0.2, 0) is 0 Å². The third-order valence-electron chi connectivity index (χ3n) is 4.56. The van der Waals surface area contributed by atoms with Crippen LogP contribution in [0.15, 0.2) is 36.4 Å². The quantitative estimate of drug-likeness (QED) is 0.911. The van der Waals surface area contributed by atoms with Gasteiger partial charge in [0, 0.05) is 18.3 Å². The zero-order valence-electron chi connectivity index (χ0n) is 13.4. The molecule has 1 aliphatic rings. The van der Waals surface area contributed by atoms with Crippen molar-refractivity contribution in [3.8, 4) is 5.69 Å². The number of para-hydroxylation sites is 1. The number of aliphatic hydroxyl groups excluding tert-OH is 1. The Balaban J connectivity index is 1.67. The van der Waals surface area contributed by atoms with Crippen molar-refractivity contribution in [2.75, 3.05) is 6.61 Å². The number of rotatable bonds is 4. The fraction of sp³-hybridized carbons (Fsp3) is 0.444. The Hall–Kier alpha value is -2.14. The lowest BCUT2D eigenvalue weighted by Gasteiger charge is -2.27. The third-order valence-corrected chi connectivity index (χ3v) is 4.56. The van der Waals surface area contributed by atoms with E-state index in [-0.39, 0.29) is 18.6 Å². The maximum atomic E-state index is 12.4. The Morgan fingerprint density at radius 1 is 1.26 bits per heavy atom. The lowest BCUT2D eigenvalue weighted by atomic mass is 9.86. The molecule has 122 valence electrons. The molecule has 1 aromatic carbocycles. The van der Waals surface area contributed by atoms with Gasteiger partial charge in [0.1, 0.15) is 0 Å². The van der Waals surface area contributed by atoms with Gasteiger partial charge in [-0.15, -0.1) is 0 Å². The van der Waals surface area contributed by atoms with E-state index in [0.29, 0.717) is 11.6 Å². The average Bonchev–Trinajstić information content (AvgIpc) is 2.98. The summed E-state index contributed by atoms with van der Waals surface area (Å²) in [4.78, 5) is 12.4. The molecule has 1 heterocycles. The van der Waals surface area contributed by atoms with Gasteiger partial charge in [-0.1, -0.05) is 18.2 Å². The highest BCUT2D eigenvalue weighted by atomic mass is 16.3. The molecule has 5 nitrogen and oxygen atoms in total. The van der Waals surface area contributed by atoms with Gasteiger partial charge in [-0.3, -0.25) is 4.79 Å². The molecule has 0 atom stereocenters. The summed E-state index contributed by atoms with van der Waals surface area (Å²) < 4.78 is 1.79. The molecule has 1 aromatic heterocycles. The van der Waals surface area contributed by atoms with E-state index >= 15 is 0 Å². The molecule has 2 aromatic rings. The van der Waals surface area contributed by atoms with Crippen molar-refractivity contribution in [2.45, 2.75) is 38.6 Å². The number of hydrogen-bond acceptors (Lipinski definition) is 3. The van der Waals surface area contributed by atoms with Gasteiger partial charge in [-0.25, -0.2) is 4.68 Å². The van der Waals surface area contributed by atoms with Crippen molar-refractivity contribution in [2.24, 2.45) is 5.92 Å². The van der Waals surface area contributed by atoms with Crippen LogP contribution in [0.3, 0.4) is 0 Å². The lowest BCUT2D eigenvalue weighted by Crippen LogP contribution is -2.38. The standard InChI is InChI=1S/C18H23N3O2/c1-13-11-17(20-21(13)16-5-3-2-4-6-16)18(23)19-15-9-7-14(12-22)8-10-15/h2-6,11,14-15,22H,7-10,12H2,1H3,(H,19,23). The van der Waals surface area contributed by atoms with E-state index in [2.05, 4.69) is 10.4 Å². The predicted octanol–water partition coefficient (Wildman–Crippen LogP) is 2.46. The number of nitrogens with zero attached hydrogens (tertiary/aromatic N) is 2. The summed E-state index contributed by atoms with van der Waals surface area (Å²) >= 11 is 0. The summed E-state index contributed by atoms with van der Waals surface area (Å²) in [5, 5.41) is 16.7. The highest BCUT2D eigenvalue weighted by molar-refractivity contribution is 5.92. The van der Waals surface area contributed by atoms with Crippen LogP contribution in [-0.4, -0.2) is 33.4 Å². The summed E-state index contributed by atoms with van der Waals surface area (Å²) in [5.74, 6) is 0.276. The first-order valence-electron chi connectivity index (χ1n) is 8.21. The molecule has 1 fully saturated rings. The molecule has 1 saturated carbocycles. The zero-order chi connectivity index (χ0) is 16.2. The number of nitrogens with one attached hydrogen (secondary N) is 1. The molecule has 0 saturated heterocycles. The summed E-state index contributed by atoms with van der Waals surface area (Å²) in [5.41, 5.74) is 2.34. The second-order valence-corrected chi connectivity index (χ2v) is 6.29. The number of hydrogen-bond donors (Lipinski definition) is 2. The van der Waals surface area contributed by atoms with Crippen LogP contribution < -0.4 is 5.32 Å². The normalized spacial score (nSPS) is 21.1. The molecular weight excluding hydrogens is 290 g/mol. The van der Waals surface area contributed by atoms with Crippen LogP contribution in [0.5, 0.6) is 0 Å². The Bertz CT molecular complexity index is 658. The van der Waals surface area contributed by atoms with E-state index in [1.807, 2.05) is 43.3 Å². The Kier molecular flexibility index (Phi) is 4.76. The number of aryl methyl sites for hydroxylation is 1. The van der Waals surface area contributed by atoms with Crippen molar-refractivity contribution >= 4 is 5.91 Å². The Morgan fingerprint density at radius 2 is 1.96 bits per heavy atom. The largest absolute Gasteiger partial charge is 0.396 e. The smallest absolute Gasteiger partial charge is 0.272 e. The molecule has 0 aliphatic heterocycles. The molecule has 3 rings (SSSR count). The lowest BCUT2D eigenvalue weighted by molar-refractivity contribution is 0.0908. The maximum Gasteiger partial charge on any atom is 0.272 e. The molecule has 0 spiro atoms. The highest BCUT2D eigenvalue weighted by Gasteiger charge is 2.23. The number of carbonyl (C=O) groups is 1. The fourth-order valence-corrected chi connectivity index (χ4v) is 3.16. The van der Waals surface area contributed by atoms with E-state index < -0.39 is 0 Å². The van der Waals surface area contributed by atoms with Crippen molar-refractivity contribution in [1.82, 2.24) is 15.1 Å². The van der Waals surface area contributed by atoms with Gasteiger partial charge in [0.2, 0.25) is 0 Å². The number of aliphatic hydroxyl groups is 1. The van der Waals surface area contributed by atoms with Crippen LogP contribution in [0.2, 0.25) is 0 Å². The molecule has 1 aliphatic carbocycles. The summed E-state index contributed by atoms with van der Waals surface area (Å²) in [6.45, 7) is 2.20. The van der Waals surface area contributed by atoms with E-state index in [1.54, 1.807) is 4.68 Å². The van der Waals surface area contributed by atoms with Crippen LogP contribution in [0.25, 0.3) is 5.69 Å². The molecule has 0 radical (unpaired) electrons. The van der Waals surface area contributed by atoms with Gasteiger partial charge >= 0.3 is 0 Å². The van der Waals surface area contributed by atoms with E-state index in [9.17, 15) is 9.90 Å². The SMILES string of the molecule is Cc1cc(C(=O)NC2CCC(CO)CC2)nn1-c1ccccc1. The minimum Gasteiger partial charge on any atom is -0.396 e. The van der Waals surface area contributed by atoms with Gasteiger partial charge in [0.15, 0.2) is 5.69 Å². The predicted molar refractivity (Wildman–Crippen MR) is 88.6 cm³/mol. The van der Waals surface area contributed by atoms with Crippen LogP contribution in [0, 0.1) is 12.8 Å². The van der Waals surface area contributed by atoms with Gasteiger partial charge in [-0.05, 0) is 56.7 Å². The maximum absolute atomic E-state index is 12.4. The number of benzene rings is 1. The Labute approximate surface area is 136 Å². The van der Waals surface area contributed by atoms with Gasteiger partial charge < -0.3 is 10.4 Å². The molecule has 0 bridgehead atoms. The molecule has 5 heteroatoms. The summed E-state index contributed by atoms with van der Waals surface area (Å²) in [6.07, 6.45) is 3.79. The summed E-state index contributed by atoms with van der Waals surface area (Å²) in [7, 11) is 0. The topological polar surface area (TPSA) is 67.2 Å². The van der Waals surface area contributed by atoms with Gasteiger partial charge in [0.25, 0.3) is 5.91 Å². The highest BCUT2D eigenvalue weighted by Crippen LogP contribution is 2.24. The zero-order valence-corrected chi connectivity index (χ0v) is 13.4. The van der Waals surface area contributed by atoms with Gasteiger partial charge in [-0.2, -0.15) is 5.10 Å². The number of aromatic nitrogens is 2. The van der Waals surface area contributed by atoms with Crippen molar-refractivity contribution < 1.29 is 9.90 Å². The van der Waals surface area contributed by atoms with Gasteiger partial charge in [0.05, 0.1) is 5.69 Å². The molecule has 23 heavy (non-hydrogen) atoms. The van der Waals surface area contributed by atoms with Crippen molar-refractivity contribution in [3.63, 3.8) is 0 Å². The van der Waals surface area contributed by atoms with E-state index in [1.165, 1.54) is 0 Å². The molecular formula is C18H23N3O2. The average molecular weight is 313 g/mol. The second kappa shape index (κ2) is 6.96. The fourth-order valence-electron chi connectivity index (χ4n) is 3.16. The molecule has 1 amide bonds. The number of carbonyl (C=O) groups excluding carboxylic acids is 1. The first-order chi connectivity index (χ1) is 11.2. The van der Waals surface area contributed by atoms with Crippen LogP contribution in [0.4, 0.5) is 0 Å². The monoisotopic (exact) mass is 313 g/mol. The Morgan fingerprint density at radius 3 is 2.61 bits per heavy atom. The third kappa shape index (κ3) is 3.62. The van der Waals surface area contributed by atoms with E-state index in [0.717, 1.165) is 37.1 Å². The first-order valence-corrected chi connectivity index (χ1v) is 8.21. The molecule has 0 unspecified atom stereocenters.